The largest absolute Gasteiger partial charge is 0.347 e. The molecule has 0 N–H and O–H groups in total. The van der Waals surface area contributed by atoms with E-state index in [9.17, 15) is 0 Å². The minimum Gasteiger partial charge on any atom is -0.347 e. The van der Waals surface area contributed by atoms with Crippen LogP contribution in [0.1, 0.15) is 96.6 Å². The number of aryl methyl sites for hydroxylation is 2. The van der Waals surface area contributed by atoms with Gasteiger partial charge in [0.2, 0.25) is 11.4 Å². The average Bonchev–Trinajstić information content (AvgIpc) is 3.75. The van der Waals surface area contributed by atoms with Crippen LogP contribution in [0, 0.1) is 25.2 Å². The maximum absolute atomic E-state index is 2.39. The first kappa shape index (κ1) is 44.2. The van der Waals surface area contributed by atoms with Crippen LogP contribution in [-0.4, -0.2) is 53.7 Å². The molecule has 0 saturated carbocycles. The Hall–Kier alpha value is -6.00. The number of nitrogens with zero attached hydrogens (tertiary/aromatic N) is 4. The molecule has 1 unspecified atom stereocenters. The number of anilines is 1. The third-order valence-electron chi connectivity index (χ3n) is 15.8. The molecule has 5 aliphatic rings. The van der Waals surface area contributed by atoms with Gasteiger partial charge in [0, 0.05) is 83.1 Å². The highest BCUT2D eigenvalue weighted by Gasteiger charge is 2.46. The number of hydrogen-bond acceptors (Lipinski definition) is 2. The summed E-state index contributed by atoms with van der Waals surface area (Å²) in [5, 5.41) is 5.36. The first-order chi connectivity index (χ1) is 30.7. The second-order valence-corrected chi connectivity index (χ2v) is 21.6. The average molecular weight is 859 g/mol. The zero-order valence-electron chi connectivity index (χ0n) is 41.8. The second-order valence-electron chi connectivity index (χ2n) is 21.6. The molecule has 10 rings (SSSR count). The number of benzene rings is 5. The van der Waals surface area contributed by atoms with Crippen LogP contribution in [0.2, 0.25) is 0 Å². The molecular weight excluding hydrogens is 789 g/mol. The monoisotopic (exact) mass is 859 g/mol. The van der Waals surface area contributed by atoms with E-state index < -0.39 is 0 Å². The maximum atomic E-state index is 2.39. The zero-order valence-corrected chi connectivity index (χ0v) is 41.8. The van der Waals surface area contributed by atoms with Gasteiger partial charge in [-0.1, -0.05) is 119 Å². The molecule has 332 valence electrons. The molecule has 4 nitrogen and oxygen atoms in total. The van der Waals surface area contributed by atoms with Crippen molar-refractivity contribution in [1.29, 1.82) is 0 Å². The Kier molecular flexibility index (Phi) is 10.6. The molecule has 0 radical (unpaired) electrons. The summed E-state index contributed by atoms with van der Waals surface area (Å²) in [6, 6.07) is 31.4. The van der Waals surface area contributed by atoms with Crippen molar-refractivity contribution in [2.75, 3.05) is 33.1 Å². The van der Waals surface area contributed by atoms with Gasteiger partial charge in [-0.2, -0.15) is 9.15 Å². The molecule has 0 bridgehead atoms. The van der Waals surface area contributed by atoms with Gasteiger partial charge in [-0.25, -0.2) is 0 Å². The van der Waals surface area contributed by atoms with Crippen LogP contribution in [0.25, 0.3) is 21.5 Å². The number of rotatable bonds is 4. The van der Waals surface area contributed by atoms with Crippen molar-refractivity contribution in [2.45, 2.75) is 98.8 Å². The molecule has 1 aliphatic carbocycles. The van der Waals surface area contributed by atoms with Crippen LogP contribution in [0.5, 0.6) is 0 Å². The van der Waals surface area contributed by atoms with Crippen LogP contribution in [0.4, 0.5) is 17.1 Å². The Morgan fingerprint density at radius 2 is 1.11 bits per heavy atom. The third-order valence-corrected chi connectivity index (χ3v) is 15.8. The minimum absolute atomic E-state index is 0.0150. The van der Waals surface area contributed by atoms with Crippen LogP contribution in [-0.2, 0) is 16.2 Å². The van der Waals surface area contributed by atoms with Crippen LogP contribution < -0.4 is 4.90 Å². The predicted molar refractivity (Wildman–Crippen MR) is 279 cm³/mol. The van der Waals surface area contributed by atoms with E-state index >= 15 is 0 Å². The first-order valence-electron chi connectivity index (χ1n) is 23.7. The summed E-state index contributed by atoms with van der Waals surface area (Å²) >= 11 is 0. The second kappa shape index (κ2) is 15.6. The van der Waals surface area contributed by atoms with Gasteiger partial charge in [0.25, 0.3) is 0 Å². The molecule has 0 amide bonds. The van der Waals surface area contributed by atoms with Gasteiger partial charge < -0.3 is 9.80 Å². The maximum Gasteiger partial charge on any atom is 0.210 e. The highest BCUT2D eigenvalue weighted by Crippen LogP contribution is 2.51. The van der Waals surface area contributed by atoms with E-state index in [-0.39, 0.29) is 21.7 Å². The Balaban J connectivity index is 0.000000164. The van der Waals surface area contributed by atoms with Crippen LogP contribution in [0.3, 0.4) is 0 Å². The summed E-state index contributed by atoms with van der Waals surface area (Å²) < 4.78 is 4.74. The van der Waals surface area contributed by atoms with Gasteiger partial charge in [0.15, 0.2) is 11.4 Å². The molecule has 0 spiro atoms. The van der Waals surface area contributed by atoms with Crippen molar-refractivity contribution < 1.29 is 9.15 Å². The molecule has 5 aromatic rings. The Bertz CT molecular complexity index is 3090. The minimum atomic E-state index is -0.0659. The van der Waals surface area contributed by atoms with Gasteiger partial charge in [0.05, 0.1) is 10.8 Å². The number of hydrogen-bond donors (Lipinski definition) is 0. The fourth-order valence-corrected chi connectivity index (χ4v) is 12.2. The standard InChI is InChI=1S/C31H35N2.C30H35N2/c1-20-12-14-22-15-17-26-29(23(22)18-20)31(5,6)28(33(26)8)11-9-10-27-30(3,4)24-19-21(2)13-16-25(24)32(27)7;1-20-15-17-24-23(19-20)29(2,3)26(31(24)6)13-10-14-27-30(4,5)28-22-12-9-8-11-21(22)16-18-25(28)32(27)7/h9-19H,1-8H3;8-18,20H,19H2,1-7H3/q2*+1. The van der Waals surface area contributed by atoms with E-state index in [0.29, 0.717) is 5.92 Å². The van der Waals surface area contributed by atoms with Crippen molar-refractivity contribution in [1.82, 2.24) is 4.90 Å². The summed E-state index contributed by atoms with van der Waals surface area (Å²) in [5.41, 5.74) is 19.1. The van der Waals surface area contributed by atoms with Gasteiger partial charge in [-0.3, -0.25) is 0 Å². The van der Waals surface area contributed by atoms with Crippen LogP contribution >= 0.6 is 0 Å². The summed E-state index contributed by atoms with van der Waals surface area (Å²) in [6.45, 7) is 25.5. The first-order valence-corrected chi connectivity index (χ1v) is 23.7. The Morgan fingerprint density at radius 1 is 0.585 bits per heavy atom. The highest BCUT2D eigenvalue weighted by atomic mass is 15.2. The lowest BCUT2D eigenvalue weighted by molar-refractivity contribution is -0.401. The lowest BCUT2D eigenvalue weighted by atomic mass is 9.77. The van der Waals surface area contributed by atoms with E-state index in [1.165, 1.54) is 94.9 Å². The molecule has 0 aromatic heterocycles. The molecule has 4 aliphatic heterocycles. The van der Waals surface area contributed by atoms with E-state index in [1.807, 2.05) is 0 Å². The molecule has 0 fully saturated rings. The highest BCUT2D eigenvalue weighted by molar-refractivity contribution is 6.08. The van der Waals surface area contributed by atoms with Gasteiger partial charge >= 0.3 is 0 Å². The molecule has 1 atom stereocenters. The third kappa shape index (κ3) is 6.93. The summed E-state index contributed by atoms with van der Waals surface area (Å²) in [6.07, 6.45) is 19.6. The number of allylic oxidation sites excluding steroid dienone is 10. The van der Waals surface area contributed by atoms with Crippen molar-refractivity contribution in [3.05, 3.63) is 184 Å². The summed E-state index contributed by atoms with van der Waals surface area (Å²) in [7, 11) is 8.80. The molecule has 5 aromatic carbocycles. The van der Waals surface area contributed by atoms with Crippen molar-refractivity contribution >= 4 is 50.0 Å². The van der Waals surface area contributed by atoms with E-state index in [1.54, 1.807) is 5.57 Å². The van der Waals surface area contributed by atoms with Gasteiger partial charge in [-0.15, -0.1) is 0 Å². The summed E-state index contributed by atoms with van der Waals surface area (Å²) in [4.78, 5) is 4.73. The molecule has 65 heavy (non-hydrogen) atoms. The molecule has 4 heteroatoms. The van der Waals surface area contributed by atoms with Crippen LogP contribution in [0.15, 0.2) is 156 Å². The van der Waals surface area contributed by atoms with Crippen molar-refractivity contribution in [2.24, 2.45) is 11.3 Å². The predicted octanol–water partition coefficient (Wildman–Crippen LogP) is 14.4. The van der Waals surface area contributed by atoms with Crippen molar-refractivity contribution in [3.63, 3.8) is 0 Å². The topological polar surface area (TPSA) is 12.5 Å². The molecule has 0 saturated heterocycles. The van der Waals surface area contributed by atoms with Gasteiger partial charge in [0.1, 0.15) is 14.1 Å². The van der Waals surface area contributed by atoms with E-state index in [4.69, 9.17) is 0 Å². The van der Waals surface area contributed by atoms with Crippen molar-refractivity contribution in [3.8, 4) is 0 Å². The molecule has 4 heterocycles. The SMILES string of the molecule is CC1C=CC2=C(C1)C(C)(C)/C(=C\C=C\C1=[N+](C)c3ccc4ccccc4c3C1(C)C)N2C.Cc1ccc2c(c1)C(C)(C)/C(=C\C=C\C1=[N+](C)c3ccc4ccc(C)cc4c3C1(C)C)N2C. The van der Waals surface area contributed by atoms with Gasteiger partial charge in [-0.05, 0) is 123 Å². The fraction of sp³-hybridized carbons (Fsp3) is 0.344. The van der Waals surface area contributed by atoms with E-state index in [2.05, 4.69) is 257 Å². The molecular formula is C61H70N4+2. The Labute approximate surface area is 389 Å². The fourth-order valence-electron chi connectivity index (χ4n) is 12.2. The summed E-state index contributed by atoms with van der Waals surface area (Å²) in [5.74, 6) is 0.619. The smallest absolute Gasteiger partial charge is 0.210 e. The number of fused-ring (bicyclic) bond motifs is 7. The normalized spacial score (nSPS) is 22.3. The zero-order chi connectivity index (χ0) is 46.5. The lowest BCUT2D eigenvalue weighted by Crippen LogP contribution is -2.27. The Morgan fingerprint density at radius 3 is 1.74 bits per heavy atom. The quantitative estimate of drug-likeness (QED) is 0.167. The number of likely N-dealkylation sites (N-methyl/N-ethyl adjacent to an activating group) is 2. The lowest BCUT2D eigenvalue weighted by Gasteiger charge is -2.27. The van der Waals surface area contributed by atoms with E-state index in [0.717, 1.165) is 6.42 Å².